The molecule has 88 valence electrons. The molecule has 1 amide bonds. The molecule has 0 aromatic heterocycles. The molecule has 4 nitrogen and oxygen atoms in total. The van der Waals surface area contributed by atoms with Gasteiger partial charge in [-0.2, -0.15) is 5.26 Å². The lowest BCUT2D eigenvalue weighted by Gasteiger charge is -2.32. The molecule has 16 heavy (non-hydrogen) atoms. The van der Waals surface area contributed by atoms with E-state index in [2.05, 4.69) is 16.7 Å². The van der Waals surface area contributed by atoms with E-state index in [1.165, 1.54) is 0 Å². The van der Waals surface area contributed by atoms with Crippen LogP contribution >= 0.6 is 0 Å². The van der Waals surface area contributed by atoms with E-state index in [1.807, 2.05) is 6.92 Å². The zero-order valence-corrected chi connectivity index (χ0v) is 9.70. The quantitative estimate of drug-likeness (QED) is 0.735. The van der Waals surface area contributed by atoms with Gasteiger partial charge in [-0.05, 0) is 38.3 Å². The molecule has 4 heteroatoms. The first-order valence-electron chi connectivity index (χ1n) is 6.13. The van der Waals surface area contributed by atoms with Gasteiger partial charge in [-0.3, -0.25) is 4.79 Å². The molecule has 1 saturated heterocycles. The lowest BCUT2D eigenvalue weighted by Crippen LogP contribution is -2.51. The first-order chi connectivity index (χ1) is 7.72. The first kappa shape index (κ1) is 11.4. The number of carbonyl (C=O) groups excluding carboxylic acids is 1. The average molecular weight is 221 g/mol. The van der Waals surface area contributed by atoms with Crippen LogP contribution in [0, 0.1) is 29.1 Å². The molecule has 2 N–H and O–H groups in total. The summed E-state index contributed by atoms with van der Waals surface area (Å²) in [5, 5.41) is 15.2. The van der Waals surface area contributed by atoms with Gasteiger partial charge in [0.2, 0.25) is 5.91 Å². The Balaban J connectivity index is 1.84. The fourth-order valence-corrected chi connectivity index (χ4v) is 2.48. The third-order valence-corrected chi connectivity index (χ3v) is 3.94. The number of nitriles is 1. The Morgan fingerprint density at radius 2 is 2.25 bits per heavy atom. The van der Waals surface area contributed by atoms with E-state index in [1.54, 1.807) is 0 Å². The van der Waals surface area contributed by atoms with Gasteiger partial charge in [-0.25, -0.2) is 0 Å². The van der Waals surface area contributed by atoms with Crippen LogP contribution in [-0.2, 0) is 4.79 Å². The number of nitrogens with zero attached hydrogens (tertiary/aromatic N) is 1. The maximum Gasteiger partial charge on any atom is 0.223 e. The number of amides is 1. The molecule has 1 aliphatic carbocycles. The van der Waals surface area contributed by atoms with Gasteiger partial charge in [0.25, 0.3) is 0 Å². The van der Waals surface area contributed by atoms with Crippen molar-refractivity contribution in [1.29, 1.82) is 5.26 Å². The highest BCUT2D eigenvalue weighted by molar-refractivity contribution is 5.79. The van der Waals surface area contributed by atoms with E-state index in [9.17, 15) is 4.79 Å². The molecule has 2 aliphatic rings. The summed E-state index contributed by atoms with van der Waals surface area (Å²) in [6.45, 7) is 3.87. The van der Waals surface area contributed by atoms with Crippen LogP contribution in [0.3, 0.4) is 0 Å². The van der Waals surface area contributed by atoms with Crippen LogP contribution in [0.2, 0.25) is 0 Å². The third-order valence-electron chi connectivity index (χ3n) is 3.94. The topological polar surface area (TPSA) is 64.9 Å². The number of carbonyl (C=O) groups is 1. The average Bonchev–Trinajstić information content (AvgIpc) is 2.62. The van der Waals surface area contributed by atoms with E-state index < -0.39 is 0 Å². The zero-order chi connectivity index (χ0) is 11.5. The zero-order valence-electron chi connectivity index (χ0n) is 9.70. The van der Waals surface area contributed by atoms with Gasteiger partial charge < -0.3 is 10.6 Å². The van der Waals surface area contributed by atoms with E-state index >= 15 is 0 Å². The van der Waals surface area contributed by atoms with Crippen molar-refractivity contribution in [2.45, 2.75) is 32.2 Å². The molecule has 2 fully saturated rings. The molecule has 0 aromatic rings. The number of hydrogen-bond acceptors (Lipinski definition) is 3. The number of nitrogens with one attached hydrogen (secondary N) is 2. The van der Waals surface area contributed by atoms with Crippen LogP contribution in [0.25, 0.3) is 0 Å². The normalized spacial score (nSPS) is 31.5. The monoisotopic (exact) mass is 221 g/mol. The summed E-state index contributed by atoms with van der Waals surface area (Å²) >= 11 is 0. The molecular weight excluding hydrogens is 202 g/mol. The minimum Gasteiger partial charge on any atom is -0.352 e. The Morgan fingerprint density at radius 1 is 1.50 bits per heavy atom. The second-order valence-electron chi connectivity index (χ2n) is 4.99. The highest BCUT2D eigenvalue weighted by Gasteiger charge is 2.33. The van der Waals surface area contributed by atoms with Gasteiger partial charge in [0.1, 0.15) is 0 Å². The summed E-state index contributed by atoms with van der Waals surface area (Å²) in [6.07, 6.45) is 2.95. The molecule has 3 unspecified atom stereocenters. The van der Waals surface area contributed by atoms with Crippen molar-refractivity contribution in [3.05, 3.63) is 0 Å². The minimum atomic E-state index is 0.0238. The van der Waals surface area contributed by atoms with Gasteiger partial charge in [0, 0.05) is 12.0 Å². The maximum absolute atomic E-state index is 11.9. The number of hydrogen-bond donors (Lipinski definition) is 2. The highest BCUT2D eigenvalue weighted by atomic mass is 16.1. The van der Waals surface area contributed by atoms with Crippen LogP contribution < -0.4 is 10.6 Å². The van der Waals surface area contributed by atoms with Gasteiger partial charge >= 0.3 is 0 Å². The lowest BCUT2D eigenvalue weighted by molar-refractivity contribution is -0.127. The summed E-state index contributed by atoms with van der Waals surface area (Å²) in [5.74, 6) is 0.692. The summed E-state index contributed by atoms with van der Waals surface area (Å²) < 4.78 is 0. The Labute approximate surface area is 96.4 Å². The summed E-state index contributed by atoms with van der Waals surface area (Å²) in [7, 11) is 0. The molecule has 3 atom stereocenters. The third kappa shape index (κ3) is 2.19. The predicted octanol–water partition coefficient (Wildman–Crippen LogP) is 0.650. The summed E-state index contributed by atoms with van der Waals surface area (Å²) in [4.78, 5) is 11.9. The van der Waals surface area contributed by atoms with E-state index in [0.717, 1.165) is 32.4 Å². The van der Waals surface area contributed by atoms with Crippen molar-refractivity contribution >= 4 is 5.91 Å². The standard InChI is InChI=1S/C12H19N3O/c1-8(10-6-14-7-10)12(16)15-11-4-2-3-9(11)5-13/h8-11,14H,2-4,6-7H2,1H3,(H,15,16). The van der Waals surface area contributed by atoms with Gasteiger partial charge in [0.15, 0.2) is 0 Å². The Bertz CT molecular complexity index is 306. The second kappa shape index (κ2) is 4.84. The van der Waals surface area contributed by atoms with E-state index in [0.29, 0.717) is 5.92 Å². The first-order valence-corrected chi connectivity index (χ1v) is 6.13. The summed E-state index contributed by atoms with van der Waals surface area (Å²) in [5.41, 5.74) is 0. The van der Waals surface area contributed by atoms with Crippen molar-refractivity contribution in [2.75, 3.05) is 13.1 Å². The molecular formula is C12H19N3O. The highest BCUT2D eigenvalue weighted by Crippen LogP contribution is 2.25. The van der Waals surface area contributed by atoms with Crippen LogP contribution in [0.4, 0.5) is 0 Å². The predicted molar refractivity (Wildman–Crippen MR) is 60.4 cm³/mol. The largest absolute Gasteiger partial charge is 0.352 e. The molecule has 1 aliphatic heterocycles. The van der Waals surface area contributed by atoms with Crippen molar-refractivity contribution in [2.24, 2.45) is 17.8 Å². The maximum atomic E-state index is 11.9. The van der Waals surface area contributed by atoms with Crippen LogP contribution in [0.15, 0.2) is 0 Å². The molecule has 2 rings (SSSR count). The van der Waals surface area contributed by atoms with Crippen molar-refractivity contribution in [1.82, 2.24) is 10.6 Å². The molecule has 0 bridgehead atoms. The molecule has 1 heterocycles. The second-order valence-corrected chi connectivity index (χ2v) is 4.99. The molecule has 0 radical (unpaired) electrons. The smallest absolute Gasteiger partial charge is 0.223 e. The fraction of sp³-hybridized carbons (Fsp3) is 0.833. The van der Waals surface area contributed by atoms with Gasteiger partial charge in [-0.1, -0.05) is 6.92 Å². The van der Waals surface area contributed by atoms with Crippen molar-refractivity contribution < 1.29 is 4.79 Å². The van der Waals surface area contributed by atoms with Gasteiger partial charge in [-0.15, -0.1) is 0 Å². The molecule has 0 spiro atoms. The molecule has 0 aromatic carbocycles. The number of rotatable bonds is 3. The summed E-state index contributed by atoms with van der Waals surface area (Å²) in [6, 6.07) is 2.38. The van der Waals surface area contributed by atoms with Crippen LogP contribution in [0.1, 0.15) is 26.2 Å². The van der Waals surface area contributed by atoms with Crippen LogP contribution in [-0.4, -0.2) is 25.0 Å². The molecule has 1 saturated carbocycles. The van der Waals surface area contributed by atoms with E-state index in [4.69, 9.17) is 5.26 Å². The van der Waals surface area contributed by atoms with Gasteiger partial charge in [0.05, 0.1) is 12.0 Å². The van der Waals surface area contributed by atoms with Crippen LogP contribution in [0.5, 0.6) is 0 Å². The minimum absolute atomic E-state index is 0.0238. The van der Waals surface area contributed by atoms with Crippen molar-refractivity contribution in [3.63, 3.8) is 0 Å². The van der Waals surface area contributed by atoms with E-state index in [-0.39, 0.29) is 23.8 Å². The Hall–Kier alpha value is -1.08. The SMILES string of the molecule is CC(C(=O)NC1CCCC1C#N)C1CNC1. The Kier molecular flexibility index (Phi) is 3.45. The fourth-order valence-electron chi connectivity index (χ4n) is 2.48. The van der Waals surface area contributed by atoms with Crippen molar-refractivity contribution in [3.8, 4) is 6.07 Å². The Morgan fingerprint density at radius 3 is 2.81 bits per heavy atom. The lowest BCUT2D eigenvalue weighted by atomic mass is 9.88.